The summed E-state index contributed by atoms with van der Waals surface area (Å²) in [5, 5.41) is 2.52. The lowest BCUT2D eigenvalue weighted by Gasteiger charge is -2.37. The van der Waals surface area contributed by atoms with Crippen LogP contribution in [-0.2, 0) is 6.18 Å². The summed E-state index contributed by atoms with van der Waals surface area (Å²) in [4.78, 5) is 11.6. The van der Waals surface area contributed by atoms with E-state index >= 15 is 0 Å². The van der Waals surface area contributed by atoms with Gasteiger partial charge in [0.05, 0.1) is 11.3 Å². The van der Waals surface area contributed by atoms with Crippen LogP contribution >= 0.6 is 0 Å². The predicted molar refractivity (Wildman–Crippen MR) is 91.4 cm³/mol. The highest BCUT2D eigenvalue weighted by atomic mass is 19.4. The van der Waals surface area contributed by atoms with E-state index in [0.717, 1.165) is 23.5 Å². The molecular formula is C17H24F8N2O. The van der Waals surface area contributed by atoms with Gasteiger partial charge in [-0.1, -0.05) is 39.8 Å². The summed E-state index contributed by atoms with van der Waals surface area (Å²) in [5.41, 5.74) is -6.18. The Kier molecular flexibility index (Phi) is 10.5. The molecule has 1 aromatic carbocycles. The number of carbonyl (C=O) groups excluding carboxylic acids is 1. The highest BCUT2D eigenvalue weighted by Gasteiger charge is 2.65. The van der Waals surface area contributed by atoms with Crippen LogP contribution in [-0.4, -0.2) is 23.7 Å². The van der Waals surface area contributed by atoms with Gasteiger partial charge in [0.25, 0.3) is 5.92 Å². The number of alkyl halides is 8. The molecule has 0 aliphatic heterocycles. The number of hydrogen-bond acceptors (Lipinski definition) is 1. The van der Waals surface area contributed by atoms with E-state index in [9.17, 15) is 39.9 Å². The number of benzene rings is 1. The fourth-order valence-electron chi connectivity index (χ4n) is 1.65. The smallest absolute Gasteiger partial charge is 0.319 e. The maximum atomic E-state index is 13.3. The lowest BCUT2D eigenvalue weighted by molar-refractivity contribution is -0.249. The van der Waals surface area contributed by atoms with E-state index in [1.165, 1.54) is 5.32 Å². The molecule has 11 heteroatoms. The third-order valence-corrected chi connectivity index (χ3v) is 3.29. The van der Waals surface area contributed by atoms with Crippen molar-refractivity contribution in [2.75, 3.05) is 5.32 Å². The molecule has 0 bridgehead atoms. The number of carbonyl (C=O) groups is 1. The van der Waals surface area contributed by atoms with E-state index in [2.05, 4.69) is 0 Å². The van der Waals surface area contributed by atoms with Gasteiger partial charge in [-0.05, 0) is 19.1 Å². The average molecular weight is 424 g/mol. The predicted octanol–water partition coefficient (Wildman–Crippen LogP) is 6.86. The van der Waals surface area contributed by atoms with E-state index in [1.54, 1.807) is 0 Å². The summed E-state index contributed by atoms with van der Waals surface area (Å²) in [6.45, 7) is 7.96. The standard InChI is InChI=1S/C13H12F8N2O.2C2H6/c1-10(11(2,14)15,13(19,20)21)23-9(24)22-8-6-4-3-5-7(8)12(16,17)18;2*1-2/h3-6H,1-2H3,(H2,22,23,24);2*1-2H3. The second-order valence-electron chi connectivity index (χ2n) is 5.13. The SMILES string of the molecule is CC.CC.CC(F)(F)C(C)(NC(=O)Nc1ccccc1C(F)(F)F)C(F)(F)F. The van der Waals surface area contributed by atoms with Crippen molar-refractivity contribution in [3.63, 3.8) is 0 Å². The fraction of sp³-hybridized carbons (Fsp3) is 0.588. The van der Waals surface area contributed by atoms with Crippen LogP contribution in [0, 0.1) is 0 Å². The molecule has 0 saturated heterocycles. The van der Waals surface area contributed by atoms with Crippen molar-refractivity contribution in [2.45, 2.75) is 65.4 Å². The van der Waals surface area contributed by atoms with Gasteiger partial charge in [0, 0.05) is 6.92 Å². The normalized spacial score (nSPS) is 13.8. The first-order valence-corrected chi connectivity index (χ1v) is 8.29. The van der Waals surface area contributed by atoms with E-state index in [-0.39, 0.29) is 13.8 Å². The molecule has 0 aliphatic rings. The van der Waals surface area contributed by atoms with Gasteiger partial charge < -0.3 is 10.6 Å². The molecule has 3 nitrogen and oxygen atoms in total. The lowest BCUT2D eigenvalue weighted by atomic mass is 9.94. The number of nitrogens with one attached hydrogen (secondary N) is 2. The van der Waals surface area contributed by atoms with E-state index < -0.39 is 41.1 Å². The van der Waals surface area contributed by atoms with Crippen LogP contribution in [0.3, 0.4) is 0 Å². The van der Waals surface area contributed by atoms with Crippen molar-refractivity contribution in [2.24, 2.45) is 0 Å². The van der Waals surface area contributed by atoms with Crippen molar-refractivity contribution in [3.05, 3.63) is 29.8 Å². The van der Waals surface area contributed by atoms with Gasteiger partial charge in [-0.2, -0.15) is 26.3 Å². The Labute approximate surface area is 158 Å². The quantitative estimate of drug-likeness (QED) is 0.512. The zero-order valence-corrected chi connectivity index (χ0v) is 16.2. The molecule has 2 N–H and O–H groups in total. The Morgan fingerprint density at radius 3 is 1.61 bits per heavy atom. The maximum Gasteiger partial charge on any atom is 0.418 e. The fourth-order valence-corrected chi connectivity index (χ4v) is 1.65. The first-order chi connectivity index (χ1) is 12.6. The largest absolute Gasteiger partial charge is 0.418 e. The van der Waals surface area contributed by atoms with E-state index in [4.69, 9.17) is 0 Å². The highest BCUT2D eigenvalue weighted by molar-refractivity contribution is 5.90. The monoisotopic (exact) mass is 424 g/mol. The summed E-state index contributed by atoms with van der Waals surface area (Å²) in [6.07, 6.45) is -10.4. The number of para-hydroxylation sites is 1. The molecule has 164 valence electrons. The molecule has 0 saturated carbocycles. The molecule has 1 aromatic rings. The van der Waals surface area contributed by atoms with Crippen molar-refractivity contribution in [3.8, 4) is 0 Å². The van der Waals surface area contributed by atoms with Crippen LogP contribution < -0.4 is 10.6 Å². The Hall–Kier alpha value is -2.07. The summed E-state index contributed by atoms with van der Waals surface area (Å²) in [7, 11) is 0. The maximum absolute atomic E-state index is 13.3. The van der Waals surface area contributed by atoms with Crippen LogP contribution in [0.25, 0.3) is 0 Å². The topological polar surface area (TPSA) is 41.1 Å². The molecule has 28 heavy (non-hydrogen) atoms. The number of rotatable bonds is 3. The zero-order valence-electron chi connectivity index (χ0n) is 16.2. The molecule has 0 spiro atoms. The summed E-state index contributed by atoms with van der Waals surface area (Å²) in [5.74, 6) is -4.42. The molecule has 0 aromatic heterocycles. The van der Waals surface area contributed by atoms with Crippen molar-refractivity contribution in [1.82, 2.24) is 5.32 Å². The minimum Gasteiger partial charge on any atom is -0.319 e. The van der Waals surface area contributed by atoms with Gasteiger partial charge in [0.2, 0.25) is 0 Å². The van der Waals surface area contributed by atoms with Crippen LogP contribution in [0.15, 0.2) is 24.3 Å². The number of anilines is 1. The van der Waals surface area contributed by atoms with Gasteiger partial charge in [-0.3, -0.25) is 0 Å². The summed E-state index contributed by atoms with van der Waals surface area (Å²) < 4.78 is 103. The van der Waals surface area contributed by atoms with Gasteiger partial charge in [-0.25, -0.2) is 13.6 Å². The number of hydrogen-bond donors (Lipinski definition) is 2. The van der Waals surface area contributed by atoms with Crippen LogP contribution in [0.1, 0.15) is 47.1 Å². The highest BCUT2D eigenvalue weighted by Crippen LogP contribution is 2.41. The van der Waals surface area contributed by atoms with Crippen molar-refractivity contribution in [1.29, 1.82) is 0 Å². The minimum atomic E-state index is -5.55. The lowest BCUT2D eigenvalue weighted by Crippen LogP contribution is -2.66. The minimum absolute atomic E-state index is 0.0300. The second kappa shape index (κ2) is 10.5. The zero-order chi connectivity index (χ0) is 23.0. The molecule has 1 unspecified atom stereocenters. The van der Waals surface area contributed by atoms with Crippen LogP contribution in [0.2, 0.25) is 0 Å². The third kappa shape index (κ3) is 7.16. The Morgan fingerprint density at radius 1 is 0.821 bits per heavy atom. The van der Waals surface area contributed by atoms with Crippen molar-refractivity contribution >= 4 is 11.7 Å². The Morgan fingerprint density at radius 2 is 1.25 bits per heavy atom. The van der Waals surface area contributed by atoms with Gasteiger partial charge in [0.15, 0.2) is 5.54 Å². The first-order valence-electron chi connectivity index (χ1n) is 8.29. The van der Waals surface area contributed by atoms with E-state index in [1.807, 2.05) is 27.7 Å². The molecule has 0 aliphatic carbocycles. The Bertz CT molecular complexity index is 592. The van der Waals surface area contributed by atoms with E-state index in [0.29, 0.717) is 6.07 Å². The average Bonchev–Trinajstić information content (AvgIpc) is 2.56. The van der Waals surface area contributed by atoms with Crippen molar-refractivity contribution < 1.29 is 39.9 Å². The van der Waals surface area contributed by atoms with Gasteiger partial charge >= 0.3 is 18.4 Å². The molecular weight excluding hydrogens is 400 g/mol. The molecule has 1 atom stereocenters. The summed E-state index contributed by atoms with van der Waals surface area (Å²) in [6, 6.07) is 1.58. The molecule has 0 heterocycles. The van der Waals surface area contributed by atoms with Gasteiger partial charge in [0.1, 0.15) is 0 Å². The second-order valence-corrected chi connectivity index (χ2v) is 5.13. The Balaban J connectivity index is 0. The molecule has 0 fully saturated rings. The number of halogens is 8. The van der Waals surface area contributed by atoms with Gasteiger partial charge in [-0.15, -0.1) is 0 Å². The summed E-state index contributed by atoms with van der Waals surface area (Å²) >= 11 is 0. The molecule has 0 radical (unpaired) electrons. The third-order valence-electron chi connectivity index (χ3n) is 3.29. The molecule has 1 rings (SSSR count). The van der Waals surface area contributed by atoms with Crippen LogP contribution in [0.4, 0.5) is 45.6 Å². The first kappa shape index (κ1) is 28.1. The van der Waals surface area contributed by atoms with Crippen LogP contribution in [0.5, 0.6) is 0 Å². The number of amides is 2. The molecule has 2 amide bonds. The number of urea groups is 1.